The second-order valence-electron chi connectivity index (χ2n) is 4.77. The van der Waals surface area contributed by atoms with Gasteiger partial charge in [0.05, 0.1) is 6.61 Å². The summed E-state index contributed by atoms with van der Waals surface area (Å²) in [6.45, 7) is 5.16. The number of halogens is 1. The molecule has 0 saturated carbocycles. The van der Waals surface area contributed by atoms with Crippen LogP contribution in [0.3, 0.4) is 0 Å². The Morgan fingerprint density at radius 3 is 2.72 bits per heavy atom. The lowest BCUT2D eigenvalue weighted by Crippen LogP contribution is -2.02. The van der Waals surface area contributed by atoms with E-state index in [1.54, 1.807) is 0 Å². The first kappa shape index (κ1) is 15.4. The zero-order chi connectivity index (χ0) is 13.2. The predicted molar refractivity (Wildman–Crippen MR) is 79.7 cm³/mol. The topological polar surface area (TPSA) is 9.23 Å². The van der Waals surface area contributed by atoms with E-state index in [9.17, 15) is 0 Å². The summed E-state index contributed by atoms with van der Waals surface area (Å²) >= 11 is 6.17. The molecular weight excluding hydrogens is 244 g/mol. The number of alkyl halides is 1. The maximum Gasteiger partial charge on any atom is 0.119 e. The van der Waals surface area contributed by atoms with E-state index in [-0.39, 0.29) is 5.38 Å². The summed E-state index contributed by atoms with van der Waals surface area (Å²) in [6.07, 6.45) is 6.90. The fourth-order valence-electron chi connectivity index (χ4n) is 1.88. The lowest BCUT2D eigenvalue weighted by Gasteiger charge is -2.10. The monoisotopic (exact) mass is 268 g/mol. The van der Waals surface area contributed by atoms with Crippen molar-refractivity contribution >= 4 is 11.6 Å². The van der Waals surface area contributed by atoms with Gasteiger partial charge in [0.1, 0.15) is 5.75 Å². The highest BCUT2D eigenvalue weighted by Gasteiger charge is 2.04. The van der Waals surface area contributed by atoms with Gasteiger partial charge >= 0.3 is 0 Å². The summed E-state index contributed by atoms with van der Waals surface area (Å²) in [4.78, 5) is 0. The Hall–Kier alpha value is -0.690. The summed E-state index contributed by atoms with van der Waals surface area (Å²) in [5.41, 5.74) is 1.27. The Morgan fingerprint density at radius 2 is 2.00 bits per heavy atom. The van der Waals surface area contributed by atoms with E-state index in [0.29, 0.717) is 0 Å². The molecule has 0 fully saturated rings. The fraction of sp³-hybridized carbons (Fsp3) is 0.625. The largest absolute Gasteiger partial charge is 0.494 e. The molecule has 1 nitrogen and oxygen atoms in total. The van der Waals surface area contributed by atoms with Gasteiger partial charge in [0.15, 0.2) is 0 Å². The average molecular weight is 269 g/mol. The molecule has 18 heavy (non-hydrogen) atoms. The van der Waals surface area contributed by atoms with Crippen LogP contribution in [0, 0.1) is 0 Å². The highest BCUT2D eigenvalue weighted by Crippen LogP contribution is 2.17. The molecule has 102 valence electrons. The molecular formula is C16H25ClO. The van der Waals surface area contributed by atoms with E-state index in [1.165, 1.54) is 24.8 Å². The summed E-state index contributed by atoms with van der Waals surface area (Å²) in [5.74, 6) is 0.976. The van der Waals surface area contributed by atoms with E-state index in [1.807, 2.05) is 6.07 Å². The molecule has 0 aliphatic heterocycles. The van der Waals surface area contributed by atoms with Crippen LogP contribution < -0.4 is 4.74 Å². The third kappa shape index (κ3) is 6.30. The number of hydrogen-bond acceptors (Lipinski definition) is 1. The molecule has 0 spiro atoms. The van der Waals surface area contributed by atoms with Gasteiger partial charge in [-0.2, -0.15) is 0 Å². The minimum atomic E-state index is 0.227. The first-order chi connectivity index (χ1) is 8.76. The van der Waals surface area contributed by atoms with E-state index in [2.05, 4.69) is 32.0 Å². The number of ether oxygens (including phenoxy) is 1. The minimum absolute atomic E-state index is 0.227. The molecule has 0 bridgehead atoms. The molecule has 1 rings (SSSR count). The Kier molecular flexibility index (Phi) is 7.91. The van der Waals surface area contributed by atoms with Crippen molar-refractivity contribution in [3.63, 3.8) is 0 Å². The molecule has 0 saturated heterocycles. The van der Waals surface area contributed by atoms with E-state index >= 15 is 0 Å². The van der Waals surface area contributed by atoms with Gasteiger partial charge in [-0.15, -0.1) is 11.6 Å². The zero-order valence-corrected chi connectivity index (χ0v) is 12.4. The zero-order valence-electron chi connectivity index (χ0n) is 11.6. The van der Waals surface area contributed by atoms with Crippen LogP contribution in [0.25, 0.3) is 0 Å². The van der Waals surface area contributed by atoms with E-state index in [0.717, 1.165) is 31.6 Å². The van der Waals surface area contributed by atoms with Crippen LogP contribution in [-0.2, 0) is 6.42 Å². The van der Waals surface area contributed by atoms with Crippen LogP contribution in [0.4, 0.5) is 0 Å². The smallest absolute Gasteiger partial charge is 0.119 e. The van der Waals surface area contributed by atoms with E-state index < -0.39 is 0 Å². The Bertz CT molecular complexity index is 325. The van der Waals surface area contributed by atoms with Gasteiger partial charge < -0.3 is 4.74 Å². The van der Waals surface area contributed by atoms with Crippen molar-refractivity contribution < 1.29 is 4.74 Å². The van der Waals surface area contributed by atoms with Crippen LogP contribution in [-0.4, -0.2) is 12.0 Å². The molecule has 1 aromatic rings. The standard InChI is InChI=1S/C16H25ClO/c1-3-5-6-7-11-18-16-10-8-9-14(13-16)12-15(17)4-2/h8-10,13,15H,3-7,11-12H2,1-2H3. The second-order valence-corrected chi connectivity index (χ2v) is 5.38. The van der Waals surface area contributed by atoms with Crippen LogP contribution in [0.2, 0.25) is 0 Å². The highest BCUT2D eigenvalue weighted by atomic mass is 35.5. The Morgan fingerprint density at radius 1 is 1.17 bits per heavy atom. The number of unbranched alkanes of at least 4 members (excludes halogenated alkanes) is 3. The molecule has 0 heterocycles. The molecule has 0 radical (unpaired) electrons. The fourth-order valence-corrected chi connectivity index (χ4v) is 2.06. The molecule has 0 N–H and O–H groups in total. The molecule has 1 unspecified atom stereocenters. The van der Waals surface area contributed by atoms with Gasteiger partial charge in [-0.1, -0.05) is 45.2 Å². The Labute approximate surface area is 116 Å². The van der Waals surface area contributed by atoms with Gasteiger partial charge in [0, 0.05) is 5.38 Å². The summed E-state index contributed by atoms with van der Waals surface area (Å²) in [5, 5.41) is 0.227. The molecule has 0 aliphatic rings. The van der Waals surface area contributed by atoms with Crippen molar-refractivity contribution in [2.75, 3.05) is 6.61 Å². The van der Waals surface area contributed by atoms with Crippen molar-refractivity contribution in [2.45, 2.75) is 57.7 Å². The predicted octanol–water partition coefficient (Wildman–Crippen LogP) is 5.21. The lowest BCUT2D eigenvalue weighted by molar-refractivity contribution is 0.305. The van der Waals surface area contributed by atoms with Crippen molar-refractivity contribution in [1.82, 2.24) is 0 Å². The van der Waals surface area contributed by atoms with Crippen LogP contribution >= 0.6 is 11.6 Å². The quantitative estimate of drug-likeness (QED) is 0.441. The maximum atomic E-state index is 6.17. The van der Waals surface area contributed by atoms with Gasteiger partial charge in [-0.3, -0.25) is 0 Å². The van der Waals surface area contributed by atoms with Gasteiger partial charge in [-0.05, 0) is 37.0 Å². The molecule has 1 aromatic carbocycles. The number of rotatable bonds is 9. The average Bonchev–Trinajstić information content (AvgIpc) is 2.39. The van der Waals surface area contributed by atoms with Crippen molar-refractivity contribution in [1.29, 1.82) is 0 Å². The minimum Gasteiger partial charge on any atom is -0.494 e. The summed E-state index contributed by atoms with van der Waals surface area (Å²) in [7, 11) is 0. The van der Waals surface area contributed by atoms with Crippen molar-refractivity contribution in [2.24, 2.45) is 0 Å². The van der Waals surface area contributed by atoms with Crippen LogP contribution in [0.15, 0.2) is 24.3 Å². The van der Waals surface area contributed by atoms with Gasteiger partial charge in [0.2, 0.25) is 0 Å². The SMILES string of the molecule is CCCCCCOc1cccc(CC(Cl)CC)c1. The number of hydrogen-bond donors (Lipinski definition) is 0. The molecule has 0 aromatic heterocycles. The molecule has 1 atom stereocenters. The summed E-state index contributed by atoms with van der Waals surface area (Å²) < 4.78 is 5.77. The lowest BCUT2D eigenvalue weighted by atomic mass is 10.1. The Balaban J connectivity index is 2.35. The van der Waals surface area contributed by atoms with Gasteiger partial charge in [0.25, 0.3) is 0 Å². The summed E-state index contributed by atoms with van der Waals surface area (Å²) in [6, 6.07) is 8.31. The van der Waals surface area contributed by atoms with Crippen LogP contribution in [0.5, 0.6) is 5.75 Å². The highest BCUT2D eigenvalue weighted by molar-refractivity contribution is 6.20. The van der Waals surface area contributed by atoms with Crippen molar-refractivity contribution in [3.05, 3.63) is 29.8 Å². The normalized spacial score (nSPS) is 12.4. The third-order valence-corrected chi connectivity index (χ3v) is 3.53. The van der Waals surface area contributed by atoms with Gasteiger partial charge in [-0.25, -0.2) is 0 Å². The van der Waals surface area contributed by atoms with Crippen molar-refractivity contribution in [3.8, 4) is 5.75 Å². The molecule has 0 amide bonds. The van der Waals surface area contributed by atoms with Crippen LogP contribution in [0.1, 0.15) is 51.5 Å². The first-order valence-corrected chi connectivity index (χ1v) is 7.55. The molecule has 0 aliphatic carbocycles. The van der Waals surface area contributed by atoms with E-state index in [4.69, 9.17) is 16.3 Å². The maximum absolute atomic E-state index is 6.17. The third-order valence-electron chi connectivity index (χ3n) is 3.07. The second kappa shape index (κ2) is 9.27. The first-order valence-electron chi connectivity index (χ1n) is 7.12. The molecule has 2 heteroatoms. The number of benzene rings is 1.